The molecule has 0 aliphatic heterocycles. The molecule has 1 aromatic heterocycles. The van der Waals surface area contributed by atoms with Crippen LogP contribution in [-0.2, 0) is 9.47 Å². The number of carbonyl (C=O) groups is 3. The van der Waals surface area contributed by atoms with Gasteiger partial charge in [0, 0.05) is 5.56 Å². The average molecular weight is 288 g/mol. The fourth-order valence-corrected chi connectivity index (χ4v) is 1.84. The lowest BCUT2D eigenvalue weighted by Gasteiger charge is -2.07. The van der Waals surface area contributed by atoms with E-state index in [1.54, 1.807) is 0 Å². The molecule has 0 amide bonds. The lowest BCUT2D eigenvalue weighted by molar-refractivity contribution is 0.0587. The Labute approximate surface area is 120 Å². The topological polar surface area (TPSA) is 82.8 Å². The molecule has 2 aromatic rings. The van der Waals surface area contributed by atoms with E-state index >= 15 is 0 Å². The third-order valence-corrected chi connectivity index (χ3v) is 2.85. The van der Waals surface area contributed by atoms with E-state index in [0.717, 1.165) is 0 Å². The van der Waals surface area contributed by atoms with Crippen molar-refractivity contribution in [2.24, 2.45) is 0 Å². The summed E-state index contributed by atoms with van der Waals surface area (Å²) in [4.78, 5) is 34.1. The first-order valence-electron chi connectivity index (χ1n) is 5.96. The molecule has 0 N–H and O–H groups in total. The van der Waals surface area contributed by atoms with Crippen molar-refractivity contribution in [3.05, 3.63) is 47.2 Å². The highest BCUT2D eigenvalue weighted by Crippen LogP contribution is 2.27. The number of ether oxygens (including phenoxy) is 2. The number of furan rings is 1. The SMILES string of the molecule is COC(=O)c1ccc(C(=O)OC)c(-c2ccc(C=O)o2)c1. The number of methoxy groups -OCH3 is 2. The number of carbonyl (C=O) groups excluding carboxylic acids is 3. The third kappa shape index (κ3) is 2.84. The fourth-order valence-electron chi connectivity index (χ4n) is 1.84. The van der Waals surface area contributed by atoms with E-state index < -0.39 is 11.9 Å². The van der Waals surface area contributed by atoms with Crippen molar-refractivity contribution in [2.45, 2.75) is 0 Å². The van der Waals surface area contributed by atoms with Crippen molar-refractivity contribution in [3.8, 4) is 11.3 Å². The second-order valence-electron chi connectivity index (χ2n) is 4.06. The standard InChI is InChI=1S/C15H12O6/c1-19-14(17)9-3-5-11(15(18)20-2)12(7-9)13-6-4-10(8-16)21-13/h3-8H,1-2H3. The van der Waals surface area contributed by atoms with Gasteiger partial charge in [-0.1, -0.05) is 0 Å². The van der Waals surface area contributed by atoms with Crippen molar-refractivity contribution in [3.63, 3.8) is 0 Å². The van der Waals surface area contributed by atoms with Gasteiger partial charge in [0.15, 0.2) is 12.0 Å². The highest BCUT2D eigenvalue weighted by atomic mass is 16.5. The van der Waals surface area contributed by atoms with Crippen LogP contribution in [-0.4, -0.2) is 32.4 Å². The molecular weight excluding hydrogens is 276 g/mol. The summed E-state index contributed by atoms with van der Waals surface area (Å²) in [7, 11) is 2.51. The van der Waals surface area contributed by atoms with Crippen LogP contribution < -0.4 is 0 Å². The molecule has 0 bridgehead atoms. The summed E-state index contributed by atoms with van der Waals surface area (Å²) in [6.07, 6.45) is 0.547. The number of rotatable bonds is 4. The Morgan fingerprint density at radius 3 is 2.33 bits per heavy atom. The van der Waals surface area contributed by atoms with Gasteiger partial charge in [-0.2, -0.15) is 0 Å². The highest BCUT2D eigenvalue weighted by Gasteiger charge is 2.19. The zero-order valence-electron chi connectivity index (χ0n) is 11.4. The first-order valence-corrected chi connectivity index (χ1v) is 5.96. The van der Waals surface area contributed by atoms with Crippen LogP contribution in [0, 0.1) is 0 Å². The van der Waals surface area contributed by atoms with Gasteiger partial charge in [-0.15, -0.1) is 0 Å². The number of hydrogen-bond acceptors (Lipinski definition) is 6. The maximum atomic E-state index is 11.8. The van der Waals surface area contributed by atoms with Gasteiger partial charge in [-0.3, -0.25) is 4.79 Å². The van der Waals surface area contributed by atoms with Gasteiger partial charge in [0.2, 0.25) is 0 Å². The predicted octanol–water partition coefficient (Wildman–Crippen LogP) is 2.33. The van der Waals surface area contributed by atoms with E-state index in [1.165, 1.54) is 44.6 Å². The largest absolute Gasteiger partial charge is 0.465 e. The zero-order valence-corrected chi connectivity index (χ0v) is 11.4. The molecule has 0 atom stereocenters. The Kier molecular flexibility index (Phi) is 4.18. The Balaban J connectivity index is 2.60. The molecule has 0 saturated heterocycles. The number of benzene rings is 1. The predicted molar refractivity (Wildman–Crippen MR) is 72.2 cm³/mol. The molecule has 0 spiro atoms. The quantitative estimate of drug-likeness (QED) is 0.634. The summed E-state index contributed by atoms with van der Waals surface area (Å²) < 4.78 is 14.6. The lowest BCUT2D eigenvalue weighted by Crippen LogP contribution is -2.07. The van der Waals surface area contributed by atoms with E-state index in [0.29, 0.717) is 11.8 Å². The molecule has 21 heavy (non-hydrogen) atoms. The van der Waals surface area contributed by atoms with Gasteiger partial charge in [0.1, 0.15) is 5.76 Å². The Hall–Kier alpha value is -2.89. The van der Waals surface area contributed by atoms with Gasteiger partial charge in [-0.25, -0.2) is 9.59 Å². The van der Waals surface area contributed by atoms with Crippen molar-refractivity contribution in [2.75, 3.05) is 14.2 Å². The highest BCUT2D eigenvalue weighted by molar-refractivity contribution is 5.99. The molecule has 0 radical (unpaired) electrons. The first kappa shape index (κ1) is 14.5. The third-order valence-electron chi connectivity index (χ3n) is 2.85. The van der Waals surface area contributed by atoms with Crippen LogP contribution in [0.3, 0.4) is 0 Å². The van der Waals surface area contributed by atoms with Gasteiger partial charge >= 0.3 is 11.9 Å². The zero-order chi connectivity index (χ0) is 15.4. The summed E-state index contributed by atoms with van der Waals surface area (Å²) in [5.74, 6) is -0.729. The van der Waals surface area contributed by atoms with E-state index in [4.69, 9.17) is 9.15 Å². The van der Waals surface area contributed by atoms with Gasteiger partial charge in [0.05, 0.1) is 25.3 Å². The van der Waals surface area contributed by atoms with Crippen molar-refractivity contribution in [1.82, 2.24) is 0 Å². The van der Waals surface area contributed by atoms with Crippen LogP contribution >= 0.6 is 0 Å². The summed E-state index contributed by atoms with van der Waals surface area (Å²) in [6.45, 7) is 0. The van der Waals surface area contributed by atoms with Gasteiger partial charge in [0.25, 0.3) is 0 Å². The molecule has 6 nitrogen and oxygen atoms in total. The fraction of sp³-hybridized carbons (Fsp3) is 0.133. The Bertz CT molecular complexity index is 698. The van der Waals surface area contributed by atoms with Crippen LogP contribution in [0.5, 0.6) is 0 Å². The van der Waals surface area contributed by atoms with Crippen LogP contribution in [0.25, 0.3) is 11.3 Å². The maximum Gasteiger partial charge on any atom is 0.338 e. The molecular formula is C15H12O6. The molecule has 6 heteroatoms. The summed E-state index contributed by atoms with van der Waals surface area (Å²) in [5.41, 5.74) is 0.819. The number of aldehydes is 1. The molecule has 1 heterocycles. The molecule has 1 aromatic carbocycles. The minimum Gasteiger partial charge on any atom is -0.465 e. The van der Waals surface area contributed by atoms with Crippen LogP contribution in [0.15, 0.2) is 34.7 Å². The first-order chi connectivity index (χ1) is 10.1. The van der Waals surface area contributed by atoms with Crippen LogP contribution in [0.2, 0.25) is 0 Å². The van der Waals surface area contributed by atoms with Gasteiger partial charge in [-0.05, 0) is 30.3 Å². The minimum absolute atomic E-state index is 0.115. The van der Waals surface area contributed by atoms with Crippen molar-refractivity contribution < 1.29 is 28.3 Å². The minimum atomic E-state index is -0.578. The molecule has 0 aliphatic rings. The number of hydrogen-bond donors (Lipinski definition) is 0. The number of esters is 2. The molecule has 2 rings (SSSR count). The molecule has 0 saturated carbocycles. The summed E-state index contributed by atoms with van der Waals surface area (Å²) >= 11 is 0. The normalized spacial score (nSPS) is 10.0. The molecule has 0 fully saturated rings. The molecule has 0 aliphatic carbocycles. The molecule has 0 unspecified atom stereocenters. The van der Waals surface area contributed by atoms with Crippen LogP contribution in [0.1, 0.15) is 31.3 Å². The summed E-state index contributed by atoms with van der Waals surface area (Å²) in [5, 5.41) is 0. The van der Waals surface area contributed by atoms with E-state index in [1.807, 2.05) is 0 Å². The maximum absolute atomic E-state index is 11.8. The average Bonchev–Trinajstić information content (AvgIpc) is 3.01. The monoisotopic (exact) mass is 288 g/mol. The smallest absolute Gasteiger partial charge is 0.338 e. The second-order valence-corrected chi connectivity index (χ2v) is 4.06. The van der Waals surface area contributed by atoms with Gasteiger partial charge < -0.3 is 13.9 Å². The second kappa shape index (κ2) is 6.04. The van der Waals surface area contributed by atoms with Crippen molar-refractivity contribution >= 4 is 18.2 Å². The summed E-state index contributed by atoms with van der Waals surface area (Å²) in [6, 6.07) is 7.34. The van der Waals surface area contributed by atoms with Crippen LogP contribution in [0.4, 0.5) is 0 Å². The van der Waals surface area contributed by atoms with E-state index in [-0.39, 0.29) is 22.6 Å². The lowest BCUT2D eigenvalue weighted by atomic mass is 10.0. The Morgan fingerprint density at radius 2 is 1.76 bits per heavy atom. The Morgan fingerprint density at radius 1 is 1.05 bits per heavy atom. The van der Waals surface area contributed by atoms with Crippen molar-refractivity contribution in [1.29, 1.82) is 0 Å². The molecule has 108 valence electrons. The van der Waals surface area contributed by atoms with E-state index in [9.17, 15) is 14.4 Å². The van der Waals surface area contributed by atoms with E-state index in [2.05, 4.69) is 4.74 Å².